The van der Waals surface area contributed by atoms with Gasteiger partial charge in [-0.1, -0.05) is 87.5 Å². The maximum atomic E-state index is 14.8. The molecule has 0 spiro atoms. The molecule has 14 heteroatoms. The minimum absolute atomic E-state index is 0.0108. The van der Waals surface area contributed by atoms with Crippen molar-refractivity contribution in [1.29, 1.82) is 0 Å². The van der Waals surface area contributed by atoms with Crippen molar-refractivity contribution in [2.75, 3.05) is 13.7 Å². The second-order valence-electron chi connectivity index (χ2n) is 18.5. The number of pyridine rings is 1. The molecule has 5 unspecified atom stereocenters. The van der Waals surface area contributed by atoms with Crippen molar-refractivity contribution in [3.8, 4) is 22.8 Å². The Morgan fingerprint density at radius 2 is 1.68 bits per heavy atom. The number of nitrogens with one attached hydrogen (secondary N) is 3. The highest BCUT2D eigenvalue weighted by Crippen LogP contribution is 2.49. The zero-order chi connectivity index (χ0) is 44.0. The van der Waals surface area contributed by atoms with Crippen LogP contribution in [0.2, 0.25) is 0 Å². The van der Waals surface area contributed by atoms with Crippen LogP contribution in [-0.4, -0.2) is 84.1 Å². The summed E-state index contributed by atoms with van der Waals surface area (Å²) in [7, 11) is -2.58. The topological polar surface area (TPSA) is 173 Å². The fourth-order valence-electron chi connectivity index (χ4n) is 8.64. The molecule has 3 N–H and O–H groups in total. The van der Waals surface area contributed by atoms with Gasteiger partial charge >= 0.3 is 0 Å². The molecule has 5 atom stereocenters. The van der Waals surface area contributed by atoms with Gasteiger partial charge in [0, 0.05) is 41.8 Å². The maximum absolute atomic E-state index is 14.8. The van der Waals surface area contributed by atoms with Gasteiger partial charge in [-0.15, -0.1) is 6.58 Å². The molecule has 2 heterocycles. The predicted molar refractivity (Wildman–Crippen MR) is 235 cm³/mol. The summed E-state index contributed by atoms with van der Waals surface area (Å²) in [4.78, 5) is 63.3. The Bertz CT molecular complexity index is 2500. The zero-order valence-corrected chi connectivity index (χ0v) is 36.5. The maximum Gasteiger partial charge on any atom is 0.259 e. The van der Waals surface area contributed by atoms with Crippen LogP contribution in [0.15, 0.2) is 97.6 Å². The molecule has 4 aromatic rings. The van der Waals surface area contributed by atoms with E-state index in [4.69, 9.17) is 14.5 Å². The number of likely N-dealkylation sites (tertiary alicyclic amines) is 1. The number of carbonyl (C=O) groups excluding carboxylic acids is 4. The van der Waals surface area contributed by atoms with E-state index in [9.17, 15) is 27.6 Å². The van der Waals surface area contributed by atoms with Gasteiger partial charge in [0.2, 0.25) is 27.7 Å². The molecule has 8 rings (SSSR count). The van der Waals surface area contributed by atoms with Crippen LogP contribution in [-0.2, 0) is 35.6 Å². The van der Waals surface area contributed by atoms with Crippen molar-refractivity contribution < 1.29 is 37.1 Å². The Morgan fingerprint density at radius 1 is 0.984 bits per heavy atom. The van der Waals surface area contributed by atoms with Gasteiger partial charge in [0.15, 0.2) is 0 Å². The minimum Gasteiger partial charge on any atom is -0.497 e. The molecular formula is C48H55N5O8S. The van der Waals surface area contributed by atoms with E-state index in [0.29, 0.717) is 53.3 Å². The normalized spacial score (nSPS) is 23.2. The number of fused-ring (bicyclic) bond motifs is 1. The summed E-state index contributed by atoms with van der Waals surface area (Å²) in [5.41, 5.74) is 0.635. The molecule has 1 aromatic heterocycles. The summed E-state index contributed by atoms with van der Waals surface area (Å²) in [6.07, 6.45) is 4.29. The Labute approximate surface area is 363 Å². The number of rotatable bonds is 16. The van der Waals surface area contributed by atoms with Gasteiger partial charge in [0.1, 0.15) is 35.2 Å². The lowest BCUT2D eigenvalue weighted by Gasteiger charge is -2.35. The van der Waals surface area contributed by atoms with E-state index >= 15 is 0 Å². The molecule has 1 aliphatic heterocycles. The van der Waals surface area contributed by atoms with Crippen molar-refractivity contribution >= 4 is 44.6 Å². The van der Waals surface area contributed by atoms with Crippen LogP contribution in [0.4, 0.5) is 0 Å². The third kappa shape index (κ3) is 8.79. The number of amides is 4. The first kappa shape index (κ1) is 42.9. The number of methoxy groups -OCH3 is 1. The molecule has 0 bridgehead atoms. The van der Waals surface area contributed by atoms with E-state index in [-0.39, 0.29) is 31.7 Å². The molecule has 13 nitrogen and oxygen atoms in total. The van der Waals surface area contributed by atoms with E-state index in [1.165, 1.54) is 11.0 Å². The van der Waals surface area contributed by atoms with E-state index in [2.05, 4.69) is 21.9 Å². The number of nitrogens with zero attached hydrogens (tertiary/aromatic N) is 2. The first-order valence-electron chi connectivity index (χ1n) is 21.4. The predicted octanol–water partition coefficient (Wildman–Crippen LogP) is 5.87. The Balaban J connectivity index is 1.09. The van der Waals surface area contributed by atoms with Gasteiger partial charge < -0.3 is 25.0 Å². The van der Waals surface area contributed by atoms with E-state index < -0.39 is 67.6 Å². The second kappa shape index (κ2) is 16.5. The molecule has 3 aromatic carbocycles. The first-order chi connectivity index (χ1) is 29.5. The Morgan fingerprint density at radius 3 is 2.29 bits per heavy atom. The summed E-state index contributed by atoms with van der Waals surface area (Å²) in [5.74, 6) is -1.34. The number of benzene rings is 3. The smallest absolute Gasteiger partial charge is 0.259 e. The average molecular weight is 862 g/mol. The molecule has 0 radical (unpaired) electrons. The number of ether oxygens (including phenoxy) is 2. The van der Waals surface area contributed by atoms with E-state index in [1.807, 2.05) is 99.6 Å². The van der Waals surface area contributed by atoms with Gasteiger partial charge in [-0.2, -0.15) is 0 Å². The van der Waals surface area contributed by atoms with Gasteiger partial charge in [-0.3, -0.25) is 23.9 Å². The van der Waals surface area contributed by atoms with Crippen LogP contribution in [0.3, 0.4) is 0 Å². The van der Waals surface area contributed by atoms with E-state index in [0.717, 1.165) is 24.0 Å². The van der Waals surface area contributed by atoms with Crippen LogP contribution >= 0.6 is 0 Å². The second-order valence-corrected chi connectivity index (χ2v) is 20.6. The average Bonchev–Trinajstić information content (AvgIpc) is 4.20. The van der Waals surface area contributed by atoms with Gasteiger partial charge in [0.05, 0.1) is 29.6 Å². The number of sulfonamides is 1. The SMILES string of the molecule is C=CC1CC1(NC(=O)C1CC(Oc2cc(-c3ccccc3)nc3cc(OC)ccc23)CN1C(=O)C(NC(=O)CC1CC1)C(C)(C)C)C(=O)NS(=O)(=O)C1(Cc2ccccc2)CC1. The van der Waals surface area contributed by atoms with Gasteiger partial charge in [-0.05, 0) is 67.6 Å². The molecule has 4 amide bonds. The highest BCUT2D eigenvalue weighted by Gasteiger charge is 2.63. The number of hydrogen-bond donors (Lipinski definition) is 3. The lowest BCUT2D eigenvalue weighted by atomic mass is 9.85. The lowest BCUT2D eigenvalue weighted by Crippen LogP contribution is -2.60. The Hall–Kier alpha value is -5.76. The third-order valence-electron chi connectivity index (χ3n) is 12.8. The van der Waals surface area contributed by atoms with Crippen LogP contribution in [0, 0.1) is 17.3 Å². The Kier molecular flexibility index (Phi) is 11.4. The fourth-order valence-corrected chi connectivity index (χ4v) is 10.3. The van der Waals surface area contributed by atoms with Crippen molar-refractivity contribution in [3.05, 3.63) is 103 Å². The molecule has 3 saturated carbocycles. The quantitative estimate of drug-likeness (QED) is 0.117. The molecule has 326 valence electrons. The van der Waals surface area contributed by atoms with Crippen molar-refractivity contribution in [2.24, 2.45) is 17.3 Å². The molecule has 1 saturated heterocycles. The van der Waals surface area contributed by atoms with Crippen molar-refractivity contribution in [1.82, 2.24) is 25.2 Å². The third-order valence-corrected chi connectivity index (χ3v) is 15.0. The largest absolute Gasteiger partial charge is 0.497 e. The van der Waals surface area contributed by atoms with Gasteiger partial charge in [-0.25, -0.2) is 13.4 Å². The fraction of sp³-hybridized carbons (Fsp3) is 0.438. The number of aromatic nitrogens is 1. The highest BCUT2D eigenvalue weighted by molar-refractivity contribution is 7.91. The minimum atomic E-state index is -4.16. The van der Waals surface area contributed by atoms with Crippen LogP contribution in [0.1, 0.15) is 71.3 Å². The summed E-state index contributed by atoms with van der Waals surface area (Å²) < 4.78 is 41.3. The van der Waals surface area contributed by atoms with Gasteiger partial charge in [0.25, 0.3) is 5.91 Å². The van der Waals surface area contributed by atoms with Crippen molar-refractivity contribution in [3.63, 3.8) is 0 Å². The molecule has 4 aliphatic rings. The highest BCUT2D eigenvalue weighted by atomic mass is 32.2. The van der Waals surface area contributed by atoms with E-state index in [1.54, 1.807) is 13.2 Å². The van der Waals surface area contributed by atoms with Crippen LogP contribution < -0.4 is 24.8 Å². The molecule has 62 heavy (non-hydrogen) atoms. The summed E-state index contributed by atoms with van der Waals surface area (Å²) >= 11 is 0. The van der Waals surface area contributed by atoms with Crippen molar-refractivity contribution in [2.45, 2.75) is 101 Å². The van der Waals surface area contributed by atoms with Crippen LogP contribution in [0.25, 0.3) is 22.2 Å². The summed E-state index contributed by atoms with van der Waals surface area (Å²) in [6.45, 7) is 9.44. The summed E-state index contributed by atoms with van der Waals surface area (Å²) in [6, 6.07) is 24.1. The summed E-state index contributed by atoms with van der Waals surface area (Å²) in [5, 5.41) is 6.58. The molecule has 3 aliphatic carbocycles. The first-order valence-corrected chi connectivity index (χ1v) is 22.9. The number of hydrogen-bond acceptors (Lipinski definition) is 9. The molecule has 4 fully saturated rings. The lowest BCUT2D eigenvalue weighted by molar-refractivity contribution is -0.144. The number of carbonyl (C=O) groups is 4. The zero-order valence-electron chi connectivity index (χ0n) is 35.7. The van der Waals surface area contributed by atoms with Crippen LogP contribution in [0.5, 0.6) is 11.5 Å². The monoisotopic (exact) mass is 861 g/mol. The molecular weight excluding hydrogens is 807 g/mol. The standard InChI is InChI=1S/C48H55N5O8S/c1-6-33-28-48(33,45(57)52-62(58,59)47(21-22-47)27-31-13-9-7-10-14-31)51-43(55)39-25-35(29-53(39)44(56)42(46(2,3)4)50-41(54)23-30-17-18-30)61-40-26-37(32-15-11-8-12-16-32)49-38-24-34(60-5)19-20-36(38)40/h6-16,19-20,24,26,30,33,35,39,42H,1,17-18,21-23,25,27-29H2,2-5H3,(H,50,54)(H,51,55)(H,52,57).